The molecule has 2 rings (SSSR count). The van der Waals surface area contributed by atoms with E-state index >= 15 is 0 Å². The fourth-order valence-electron chi connectivity index (χ4n) is 1.49. The standard InChI is InChI=1S/2C7H12N2.2ClH.Pd/c2*1-3-8-5-6-9(4-2)7-8;;;/h2*5-6H,3-4H2,1-2H3;2*1H;/q2*+1;;;+2/p-2. The van der Waals surface area contributed by atoms with Crippen LogP contribution in [-0.2, 0) is 46.6 Å². The van der Waals surface area contributed by atoms with Crippen LogP contribution in [0.1, 0.15) is 27.7 Å². The Balaban J connectivity index is -0.000000270. The second-order valence-corrected chi connectivity index (χ2v) is 3.94. The molecule has 21 heavy (non-hydrogen) atoms. The number of aromatic nitrogens is 4. The Bertz CT molecular complexity index is 378. The maximum absolute atomic E-state index is 3.15. The summed E-state index contributed by atoms with van der Waals surface area (Å²) in [4.78, 5) is 0. The topological polar surface area (TPSA) is 17.6 Å². The van der Waals surface area contributed by atoms with Crippen molar-refractivity contribution in [2.75, 3.05) is 0 Å². The Morgan fingerprint density at radius 1 is 0.762 bits per heavy atom. The fraction of sp³-hybridized carbons (Fsp3) is 0.571. The zero-order valence-electron chi connectivity index (χ0n) is 13.0. The maximum atomic E-state index is 3.15. The molecule has 2 radical (unpaired) electrons. The van der Waals surface area contributed by atoms with E-state index in [-0.39, 0.29) is 45.2 Å². The summed E-state index contributed by atoms with van der Waals surface area (Å²) in [6.45, 7) is 12.5. The van der Waals surface area contributed by atoms with Crippen molar-refractivity contribution >= 4 is 0 Å². The van der Waals surface area contributed by atoms with Gasteiger partial charge in [0.25, 0.3) is 0 Å². The SMILES string of the molecule is CCn1[c][n+](CC)cc1.CCn1[c][n+](CC)cc1.[Cl-].[Cl-].[Pd+2]. The maximum Gasteiger partial charge on any atom is 2.00 e. The predicted octanol–water partition coefficient (Wildman–Crippen LogP) is -4.76. The third kappa shape index (κ3) is 9.31. The molecule has 0 amide bonds. The van der Waals surface area contributed by atoms with Gasteiger partial charge in [0.05, 0.1) is 26.2 Å². The molecule has 0 saturated carbocycles. The Kier molecular flexibility index (Phi) is 17.8. The van der Waals surface area contributed by atoms with Crippen LogP contribution in [0.4, 0.5) is 0 Å². The first-order chi connectivity index (χ1) is 8.73. The zero-order valence-corrected chi connectivity index (χ0v) is 16.1. The van der Waals surface area contributed by atoms with Gasteiger partial charge in [0, 0.05) is 0 Å². The van der Waals surface area contributed by atoms with Crippen molar-refractivity contribution in [3.8, 4) is 0 Å². The van der Waals surface area contributed by atoms with E-state index in [1.54, 1.807) is 0 Å². The van der Waals surface area contributed by atoms with Gasteiger partial charge in [0.15, 0.2) is 0 Å². The van der Waals surface area contributed by atoms with Crippen LogP contribution in [0.3, 0.4) is 0 Å². The van der Waals surface area contributed by atoms with Crippen molar-refractivity contribution in [2.24, 2.45) is 0 Å². The van der Waals surface area contributed by atoms with Gasteiger partial charge in [-0.2, -0.15) is 0 Å². The Labute approximate surface area is 154 Å². The first kappa shape index (κ1) is 25.6. The minimum absolute atomic E-state index is 0. The molecule has 7 heteroatoms. The summed E-state index contributed by atoms with van der Waals surface area (Å²) in [6, 6.07) is 0. The third-order valence-electron chi connectivity index (χ3n) is 2.73. The molecule has 0 saturated heterocycles. The van der Waals surface area contributed by atoms with Gasteiger partial charge >= 0.3 is 33.1 Å². The molecule has 0 spiro atoms. The first-order valence-electron chi connectivity index (χ1n) is 6.69. The molecule has 0 unspecified atom stereocenters. The average Bonchev–Trinajstić information content (AvgIpc) is 3.07. The van der Waals surface area contributed by atoms with Crippen molar-refractivity contribution < 1.29 is 54.4 Å². The molecule has 4 nitrogen and oxygen atoms in total. The van der Waals surface area contributed by atoms with Gasteiger partial charge in [-0.05, 0) is 27.7 Å². The second-order valence-electron chi connectivity index (χ2n) is 3.94. The molecule has 0 atom stereocenters. The molecule has 0 aliphatic rings. The number of aryl methyl sites for hydroxylation is 4. The number of nitrogens with zero attached hydrogens (tertiary/aromatic N) is 4. The summed E-state index contributed by atoms with van der Waals surface area (Å²) in [6.07, 6.45) is 14.4. The van der Waals surface area contributed by atoms with E-state index in [0.29, 0.717) is 0 Å². The molecule has 2 aromatic rings. The number of rotatable bonds is 4. The molecule has 122 valence electrons. The number of hydrogen-bond donors (Lipinski definition) is 0. The van der Waals surface area contributed by atoms with Gasteiger partial charge in [-0.3, -0.25) is 0 Å². The summed E-state index contributed by atoms with van der Waals surface area (Å²) < 4.78 is 8.12. The quantitative estimate of drug-likeness (QED) is 0.346. The molecule has 2 aromatic heterocycles. The van der Waals surface area contributed by atoms with Gasteiger partial charge in [-0.25, -0.2) is 18.3 Å². The molecule has 0 aromatic carbocycles. The van der Waals surface area contributed by atoms with Crippen LogP contribution in [0.25, 0.3) is 0 Å². The van der Waals surface area contributed by atoms with Gasteiger partial charge in [0.2, 0.25) is 0 Å². The molecule has 0 aliphatic carbocycles. The van der Waals surface area contributed by atoms with E-state index < -0.39 is 0 Å². The molecule has 0 aliphatic heterocycles. The largest absolute Gasteiger partial charge is 2.00 e. The zero-order chi connectivity index (χ0) is 13.4. The number of hydrogen-bond acceptors (Lipinski definition) is 0. The molecule has 2 heterocycles. The Hall–Kier alpha value is -0.338. The van der Waals surface area contributed by atoms with Crippen LogP contribution in [0.15, 0.2) is 24.8 Å². The van der Waals surface area contributed by atoms with E-state index in [9.17, 15) is 0 Å². The summed E-state index contributed by atoms with van der Waals surface area (Å²) in [5, 5.41) is 0. The van der Waals surface area contributed by atoms with Crippen LogP contribution >= 0.6 is 0 Å². The van der Waals surface area contributed by atoms with Crippen molar-refractivity contribution in [3.05, 3.63) is 37.4 Å². The van der Waals surface area contributed by atoms with Crippen LogP contribution < -0.4 is 33.9 Å². The van der Waals surface area contributed by atoms with E-state index in [1.807, 2.05) is 43.1 Å². The molecular weight excluding hydrogens is 402 g/mol. The Morgan fingerprint density at radius 2 is 1.10 bits per heavy atom. The van der Waals surface area contributed by atoms with Crippen LogP contribution in [0.2, 0.25) is 0 Å². The van der Waals surface area contributed by atoms with E-state index in [4.69, 9.17) is 0 Å². The van der Waals surface area contributed by atoms with Crippen LogP contribution in [0, 0.1) is 12.7 Å². The third-order valence-corrected chi connectivity index (χ3v) is 2.73. The summed E-state index contributed by atoms with van der Waals surface area (Å²) >= 11 is 0. The molecular formula is C14H24Cl2N4Pd+2. The van der Waals surface area contributed by atoms with Gasteiger partial charge in [0.1, 0.15) is 24.8 Å². The minimum Gasteiger partial charge on any atom is -1.00 e. The summed E-state index contributed by atoms with van der Waals surface area (Å²) in [5.41, 5.74) is 0. The summed E-state index contributed by atoms with van der Waals surface area (Å²) in [7, 11) is 0. The van der Waals surface area contributed by atoms with Crippen LogP contribution in [0.5, 0.6) is 0 Å². The van der Waals surface area contributed by atoms with Gasteiger partial charge in [-0.1, -0.05) is 0 Å². The number of imidazole rings is 2. The van der Waals surface area contributed by atoms with Gasteiger partial charge in [-0.15, -0.1) is 0 Å². The van der Waals surface area contributed by atoms with E-state index in [2.05, 4.69) is 40.3 Å². The Morgan fingerprint density at radius 3 is 1.24 bits per heavy atom. The summed E-state index contributed by atoms with van der Waals surface area (Å²) in [5.74, 6) is 0. The predicted molar refractivity (Wildman–Crippen MR) is 69.6 cm³/mol. The fourth-order valence-corrected chi connectivity index (χ4v) is 1.49. The first-order valence-corrected chi connectivity index (χ1v) is 6.69. The van der Waals surface area contributed by atoms with Crippen molar-refractivity contribution in [1.29, 1.82) is 0 Å². The van der Waals surface area contributed by atoms with E-state index in [0.717, 1.165) is 26.2 Å². The van der Waals surface area contributed by atoms with Gasteiger partial charge < -0.3 is 24.8 Å². The normalized spacial score (nSPS) is 8.57. The van der Waals surface area contributed by atoms with Crippen LogP contribution in [-0.4, -0.2) is 9.13 Å². The van der Waals surface area contributed by atoms with Crippen molar-refractivity contribution in [3.63, 3.8) is 0 Å². The monoisotopic (exact) mass is 424 g/mol. The number of halogens is 2. The molecule has 0 bridgehead atoms. The van der Waals surface area contributed by atoms with Crippen molar-refractivity contribution in [2.45, 2.75) is 53.9 Å². The minimum atomic E-state index is 0. The molecule has 0 fully saturated rings. The van der Waals surface area contributed by atoms with E-state index in [1.165, 1.54) is 0 Å². The van der Waals surface area contributed by atoms with Crippen molar-refractivity contribution in [1.82, 2.24) is 9.13 Å². The molecule has 0 N–H and O–H groups in total. The second kappa shape index (κ2) is 14.6. The smallest absolute Gasteiger partial charge is 1.00 e. The average molecular weight is 426 g/mol.